The number of rotatable bonds is 6. The predicted molar refractivity (Wildman–Crippen MR) is 77.6 cm³/mol. The summed E-state index contributed by atoms with van der Waals surface area (Å²) in [6.07, 6.45) is -0.572. The number of benzene rings is 1. The van der Waals surface area contributed by atoms with E-state index in [2.05, 4.69) is 10.6 Å². The van der Waals surface area contributed by atoms with E-state index in [4.69, 9.17) is 0 Å². The standard InChI is InChI=1S/C13H20N2O3S/c1-3-19(18)8-7-14-13(17)15-12-6-4-5-11(9-12)10(2)16/h4-6,9-10,16H,3,7-8H2,1-2H3,(H2,14,15,17). The molecular weight excluding hydrogens is 264 g/mol. The van der Waals surface area contributed by atoms with Gasteiger partial charge in [0.15, 0.2) is 0 Å². The Morgan fingerprint density at radius 3 is 2.84 bits per heavy atom. The Bertz CT molecular complexity index is 449. The summed E-state index contributed by atoms with van der Waals surface area (Å²) in [4.78, 5) is 11.6. The maximum absolute atomic E-state index is 11.6. The van der Waals surface area contributed by atoms with E-state index in [0.29, 0.717) is 23.7 Å². The van der Waals surface area contributed by atoms with Gasteiger partial charge in [-0.05, 0) is 24.6 Å². The van der Waals surface area contributed by atoms with Crippen molar-refractivity contribution in [3.8, 4) is 0 Å². The van der Waals surface area contributed by atoms with Crippen LogP contribution in [0.2, 0.25) is 0 Å². The zero-order chi connectivity index (χ0) is 14.3. The lowest BCUT2D eigenvalue weighted by atomic mass is 10.1. The number of amides is 2. The molecular formula is C13H20N2O3S. The molecule has 2 amide bonds. The fraction of sp³-hybridized carbons (Fsp3) is 0.462. The number of hydrogen-bond donors (Lipinski definition) is 3. The summed E-state index contributed by atoms with van der Waals surface area (Å²) in [5.41, 5.74) is 1.36. The molecule has 0 saturated heterocycles. The molecule has 3 N–H and O–H groups in total. The lowest BCUT2D eigenvalue weighted by molar-refractivity contribution is 0.199. The number of hydrogen-bond acceptors (Lipinski definition) is 3. The van der Waals surface area contributed by atoms with Crippen LogP contribution in [0.15, 0.2) is 24.3 Å². The number of carbonyl (C=O) groups excluding carboxylic acids is 1. The second kappa shape index (κ2) is 7.91. The maximum atomic E-state index is 11.6. The van der Waals surface area contributed by atoms with Gasteiger partial charge in [0.1, 0.15) is 0 Å². The number of carbonyl (C=O) groups is 1. The molecule has 1 aromatic carbocycles. The van der Waals surface area contributed by atoms with Crippen LogP contribution in [0, 0.1) is 0 Å². The minimum atomic E-state index is -0.875. The van der Waals surface area contributed by atoms with Crippen molar-refractivity contribution in [3.63, 3.8) is 0 Å². The van der Waals surface area contributed by atoms with Gasteiger partial charge >= 0.3 is 6.03 Å². The zero-order valence-electron chi connectivity index (χ0n) is 11.2. The first kappa shape index (κ1) is 15.7. The highest BCUT2D eigenvalue weighted by Gasteiger charge is 2.05. The highest BCUT2D eigenvalue weighted by Crippen LogP contribution is 2.16. The van der Waals surface area contributed by atoms with Crippen LogP contribution in [0.25, 0.3) is 0 Å². The average Bonchev–Trinajstić information content (AvgIpc) is 2.38. The molecule has 1 rings (SSSR count). The van der Waals surface area contributed by atoms with Gasteiger partial charge in [-0.15, -0.1) is 0 Å². The summed E-state index contributed by atoms with van der Waals surface area (Å²) in [6.45, 7) is 3.89. The summed E-state index contributed by atoms with van der Waals surface area (Å²) in [6, 6.07) is 6.68. The Morgan fingerprint density at radius 2 is 2.21 bits per heavy atom. The van der Waals surface area contributed by atoms with Crippen LogP contribution in [-0.2, 0) is 10.8 Å². The van der Waals surface area contributed by atoms with E-state index in [9.17, 15) is 14.1 Å². The quantitative estimate of drug-likeness (QED) is 0.743. The second-order valence-corrected chi connectivity index (χ2v) is 5.98. The van der Waals surface area contributed by atoms with E-state index in [1.165, 1.54) is 0 Å². The van der Waals surface area contributed by atoms with Gasteiger partial charge in [-0.25, -0.2) is 4.79 Å². The van der Waals surface area contributed by atoms with Crippen LogP contribution in [0.3, 0.4) is 0 Å². The molecule has 0 aliphatic heterocycles. The third-order valence-electron chi connectivity index (χ3n) is 2.56. The van der Waals surface area contributed by atoms with Crippen molar-refractivity contribution < 1.29 is 14.1 Å². The van der Waals surface area contributed by atoms with E-state index >= 15 is 0 Å². The topological polar surface area (TPSA) is 78.4 Å². The van der Waals surface area contributed by atoms with Gasteiger partial charge in [0.2, 0.25) is 0 Å². The average molecular weight is 284 g/mol. The third-order valence-corrected chi connectivity index (χ3v) is 3.87. The van der Waals surface area contributed by atoms with Gasteiger partial charge in [0, 0.05) is 34.5 Å². The normalized spacial score (nSPS) is 13.6. The highest BCUT2D eigenvalue weighted by molar-refractivity contribution is 7.84. The van der Waals surface area contributed by atoms with Crippen molar-refractivity contribution in [1.29, 1.82) is 0 Å². The molecule has 6 heteroatoms. The van der Waals surface area contributed by atoms with Crippen molar-refractivity contribution in [2.45, 2.75) is 20.0 Å². The van der Waals surface area contributed by atoms with Crippen LogP contribution in [0.4, 0.5) is 10.5 Å². The molecule has 0 aliphatic rings. The van der Waals surface area contributed by atoms with Crippen molar-refractivity contribution in [3.05, 3.63) is 29.8 Å². The summed E-state index contributed by atoms with van der Waals surface area (Å²) in [7, 11) is -0.875. The fourth-order valence-electron chi connectivity index (χ4n) is 1.47. The number of nitrogens with one attached hydrogen (secondary N) is 2. The van der Waals surface area contributed by atoms with Gasteiger partial charge in [0.05, 0.1) is 6.10 Å². The largest absolute Gasteiger partial charge is 0.389 e. The molecule has 0 fully saturated rings. The molecule has 5 nitrogen and oxygen atoms in total. The van der Waals surface area contributed by atoms with Gasteiger partial charge in [-0.1, -0.05) is 19.1 Å². The van der Waals surface area contributed by atoms with E-state index < -0.39 is 16.9 Å². The van der Waals surface area contributed by atoms with Crippen LogP contribution in [0.1, 0.15) is 25.5 Å². The van der Waals surface area contributed by atoms with Gasteiger partial charge < -0.3 is 15.7 Å². The molecule has 0 aromatic heterocycles. The van der Waals surface area contributed by atoms with Crippen LogP contribution >= 0.6 is 0 Å². The van der Waals surface area contributed by atoms with E-state index in [-0.39, 0.29) is 6.03 Å². The molecule has 106 valence electrons. The fourth-order valence-corrected chi connectivity index (χ4v) is 2.09. The van der Waals surface area contributed by atoms with Crippen molar-refractivity contribution in [2.75, 3.05) is 23.4 Å². The maximum Gasteiger partial charge on any atom is 0.319 e. The molecule has 2 atom stereocenters. The van der Waals surface area contributed by atoms with Gasteiger partial charge in [0.25, 0.3) is 0 Å². The van der Waals surface area contributed by atoms with Gasteiger partial charge in [-0.2, -0.15) is 0 Å². The monoisotopic (exact) mass is 284 g/mol. The Kier molecular flexibility index (Phi) is 6.52. The summed E-state index contributed by atoms with van der Waals surface area (Å²) in [5, 5.41) is 14.8. The number of urea groups is 1. The molecule has 2 unspecified atom stereocenters. The Hall–Kier alpha value is -1.40. The van der Waals surface area contributed by atoms with Crippen LogP contribution in [0.5, 0.6) is 0 Å². The Balaban J connectivity index is 2.44. The third kappa shape index (κ3) is 5.85. The minimum Gasteiger partial charge on any atom is -0.389 e. The van der Waals surface area contributed by atoms with Crippen molar-refractivity contribution >= 4 is 22.5 Å². The molecule has 0 aliphatic carbocycles. The lowest BCUT2D eigenvalue weighted by Gasteiger charge is -2.10. The van der Waals surface area contributed by atoms with E-state index in [0.717, 1.165) is 5.56 Å². The molecule has 0 spiro atoms. The molecule has 0 saturated carbocycles. The van der Waals surface area contributed by atoms with E-state index in [1.54, 1.807) is 31.2 Å². The predicted octanol–water partition coefficient (Wildman–Crippen LogP) is 1.63. The Labute approximate surface area is 115 Å². The minimum absolute atomic E-state index is 0.337. The Morgan fingerprint density at radius 1 is 1.47 bits per heavy atom. The van der Waals surface area contributed by atoms with E-state index in [1.807, 2.05) is 6.92 Å². The SMILES string of the molecule is CCS(=O)CCNC(=O)Nc1cccc(C(C)O)c1. The summed E-state index contributed by atoms with van der Waals surface area (Å²) >= 11 is 0. The van der Waals surface area contributed by atoms with Gasteiger partial charge in [-0.3, -0.25) is 4.21 Å². The smallest absolute Gasteiger partial charge is 0.319 e. The molecule has 1 aromatic rings. The zero-order valence-corrected chi connectivity index (χ0v) is 12.0. The van der Waals surface area contributed by atoms with Crippen molar-refractivity contribution in [1.82, 2.24) is 5.32 Å². The first-order valence-corrected chi connectivity index (χ1v) is 7.69. The summed E-state index contributed by atoms with van der Waals surface area (Å²) in [5.74, 6) is 1.05. The number of aliphatic hydroxyl groups is 1. The number of aliphatic hydroxyl groups excluding tert-OH is 1. The highest BCUT2D eigenvalue weighted by atomic mass is 32.2. The lowest BCUT2D eigenvalue weighted by Crippen LogP contribution is -2.32. The first-order valence-electron chi connectivity index (χ1n) is 6.20. The van der Waals surface area contributed by atoms with Crippen LogP contribution in [-0.4, -0.2) is 33.4 Å². The molecule has 0 heterocycles. The van der Waals surface area contributed by atoms with Crippen molar-refractivity contribution in [2.24, 2.45) is 0 Å². The molecule has 0 radical (unpaired) electrons. The van der Waals surface area contributed by atoms with Crippen LogP contribution < -0.4 is 10.6 Å². The second-order valence-electron chi connectivity index (χ2n) is 4.11. The molecule has 19 heavy (non-hydrogen) atoms. The first-order chi connectivity index (χ1) is 9.02. The summed E-state index contributed by atoms with van der Waals surface area (Å²) < 4.78 is 11.2. The molecule has 0 bridgehead atoms. The number of anilines is 1.